The van der Waals surface area contributed by atoms with Crippen LogP contribution in [-0.4, -0.2) is 31.6 Å². The summed E-state index contributed by atoms with van der Waals surface area (Å²) in [7, 11) is -2.85. The van der Waals surface area contributed by atoms with Gasteiger partial charge in [-0.1, -0.05) is 0 Å². The third-order valence-electron chi connectivity index (χ3n) is 1.64. The van der Waals surface area contributed by atoms with Gasteiger partial charge >= 0.3 is 0 Å². The molecule has 0 aliphatic heterocycles. The number of hydrogen-bond donors (Lipinski definition) is 1. The van der Waals surface area contributed by atoms with Gasteiger partial charge in [0.05, 0.1) is 5.25 Å². The summed E-state index contributed by atoms with van der Waals surface area (Å²) in [4.78, 5) is 0. The molecule has 0 spiro atoms. The summed E-state index contributed by atoms with van der Waals surface area (Å²) in [5.74, 6) is 0.0278. The van der Waals surface area contributed by atoms with Gasteiger partial charge in [-0.3, -0.25) is 0 Å². The second-order valence-corrected chi connectivity index (χ2v) is 4.81. The maximum atomic E-state index is 10.7. The van der Waals surface area contributed by atoms with Gasteiger partial charge in [0.25, 0.3) is 0 Å². The first kappa shape index (κ1) is 7.02. The van der Waals surface area contributed by atoms with Crippen LogP contribution in [0.25, 0.3) is 0 Å². The number of aliphatic hydroxyl groups excluding tert-OH is 1. The van der Waals surface area contributed by atoms with Gasteiger partial charge in [0.2, 0.25) is 0 Å². The fourth-order valence-electron chi connectivity index (χ4n) is 0.936. The van der Waals surface area contributed by atoms with Crippen LogP contribution in [0.15, 0.2) is 0 Å². The lowest BCUT2D eigenvalue weighted by atomic mass is 10.5. The van der Waals surface area contributed by atoms with Crippen LogP contribution >= 0.6 is 0 Å². The van der Waals surface area contributed by atoms with Crippen molar-refractivity contribution in [2.45, 2.75) is 11.7 Å². The molecule has 3 nitrogen and oxygen atoms in total. The quantitative estimate of drug-likeness (QED) is 0.572. The van der Waals surface area contributed by atoms with Gasteiger partial charge in [0.15, 0.2) is 9.84 Å². The Labute approximate surface area is 54.6 Å². The summed E-state index contributed by atoms with van der Waals surface area (Å²) in [6, 6.07) is 0. The van der Waals surface area contributed by atoms with Gasteiger partial charge in [-0.25, -0.2) is 8.42 Å². The largest absolute Gasteiger partial charge is 0.396 e. The van der Waals surface area contributed by atoms with Crippen LogP contribution in [0.2, 0.25) is 0 Å². The van der Waals surface area contributed by atoms with Crippen molar-refractivity contribution in [3.8, 4) is 0 Å². The first-order valence-electron chi connectivity index (χ1n) is 2.85. The first-order chi connectivity index (χ1) is 4.05. The fraction of sp³-hybridized carbons (Fsp3) is 1.00. The summed E-state index contributed by atoms with van der Waals surface area (Å²) in [6.07, 6.45) is 1.86. The molecule has 1 aliphatic carbocycles. The van der Waals surface area contributed by atoms with E-state index in [0.29, 0.717) is 6.42 Å². The zero-order valence-corrected chi connectivity index (χ0v) is 6.06. The van der Waals surface area contributed by atoms with E-state index in [4.69, 9.17) is 5.11 Å². The van der Waals surface area contributed by atoms with Crippen LogP contribution in [0.5, 0.6) is 0 Å². The minimum Gasteiger partial charge on any atom is -0.396 e. The zero-order chi connectivity index (χ0) is 7.07. The van der Waals surface area contributed by atoms with Gasteiger partial charge < -0.3 is 5.11 Å². The molecule has 0 radical (unpaired) electrons. The molecular weight excluding hydrogens is 140 g/mol. The topological polar surface area (TPSA) is 54.4 Å². The molecule has 1 saturated carbocycles. The Bertz CT molecular complexity index is 194. The second-order valence-electron chi connectivity index (χ2n) is 2.55. The summed E-state index contributed by atoms with van der Waals surface area (Å²) < 4.78 is 21.3. The summed E-state index contributed by atoms with van der Waals surface area (Å²) in [5, 5.41) is 8.23. The molecular formula is C5H10O3S. The highest BCUT2D eigenvalue weighted by Gasteiger charge is 2.44. The van der Waals surface area contributed by atoms with Crippen LogP contribution in [-0.2, 0) is 9.84 Å². The van der Waals surface area contributed by atoms with E-state index >= 15 is 0 Å². The fourth-order valence-corrected chi connectivity index (χ4v) is 2.32. The Morgan fingerprint density at radius 3 is 2.33 bits per heavy atom. The molecule has 0 aromatic carbocycles. The van der Waals surface area contributed by atoms with E-state index in [9.17, 15) is 8.42 Å². The van der Waals surface area contributed by atoms with E-state index in [1.165, 1.54) is 6.26 Å². The maximum absolute atomic E-state index is 10.7. The smallest absolute Gasteiger partial charge is 0.150 e. The van der Waals surface area contributed by atoms with Crippen molar-refractivity contribution in [2.75, 3.05) is 12.9 Å². The lowest BCUT2D eigenvalue weighted by Crippen LogP contribution is -2.06. The van der Waals surface area contributed by atoms with E-state index in [-0.39, 0.29) is 17.8 Å². The lowest BCUT2D eigenvalue weighted by molar-refractivity contribution is 0.277. The van der Waals surface area contributed by atoms with E-state index in [0.717, 1.165) is 0 Å². The van der Waals surface area contributed by atoms with Crippen molar-refractivity contribution in [2.24, 2.45) is 5.92 Å². The van der Waals surface area contributed by atoms with Crippen LogP contribution < -0.4 is 0 Å². The Morgan fingerprint density at radius 2 is 2.22 bits per heavy atom. The predicted octanol–water partition coefficient (Wildman–Crippen LogP) is -0.588. The van der Waals surface area contributed by atoms with E-state index in [2.05, 4.69) is 0 Å². The Balaban J connectivity index is 2.53. The number of rotatable bonds is 2. The molecule has 0 bridgehead atoms. The molecule has 0 heterocycles. The predicted molar refractivity (Wildman–Crippen MR) is 33.8 cm³/mol. The number of aliphatic hydroxyl groups is 1. The molecule has 54 valence electrons. The maximum Gasteiger partial charge on any atom is 0.150 e. The lowest BCUT2D eigenvalue weighted by Gasteiger charge is -1.90. The van der Waals surface area contributed by atoms with Crippen molar-refractivity contribution in [1.29, 1.82) is 0 Å². The van der Waals surface area contributed by atoms with Crippen molar-refractivity contribution in [3.05, 3.63) is 0 Å². The molecule has 1 fully saturated rings. The van der Waals surface area contributed by atoms with E-state index in [1.807, 2.05) is 0 Å². The number of sulfone groups is 1. The van der Waals surface area contributed by atoms with Gasteiger partial charge in [0, 0.05) is 12.9 Å². The molecule has 1 N–H and O–H groups in total. The first-order valence-corrected chi connectivity index (χ1v) is 4.81. The highest BCUT2D eigenvalue weighted by atomic mass is 32.2. The zero-order valence-electron chi connectivity index (χ0n) is 5.24. The molecule has 1 aliphatic rings. The molecule has 0 aromatic rings. The summed E-state index contributed by atoms with van der Waals surface area (Å²) in [6.45, 7) is 0.0116. The van der Waals surface area contributed by atoms with Crippen molar-refractivity contribution in [3.63, 3.8) is 0 Å². The SMILES string of the molecule is CS(=O)(=O)C1CC1CO. The average Bonchev–Trinajstić information content (AvgIpc) is 2.39. The minimum absolute atomic E-state index is 0.0116. The van der Waals surface area contributed by atoms with Gasteiger partial charge in [-0.2, -0.15) is 0 Å². The average molecular weight is 150 g/mol. The van der Waals surface area contributed by atoms with Crippen molar-refractivity contribution >= 4 is 9.84 Å². The monoisotopic (exact) mass is 150 g/mol. The highest BCUT2D eigenvalue weighted by molar-refractivity contribution is 7.91. The Hall–Kier alpha value is -0.0900. The molecule has 0 amide bonds. The van der Waals surface area contributed by atoms with Crippen LogP contribution in [0.3, 0.4) is 0 Å². The van der Waals surface area contributed by atoms with Gasteiger partial charge in [-0.15, -0.1) is 0 Å². The molecule has 1 rings (SSSR count). The van der Waals surface area contributed by atoms with Crippen molar-refractivity contribution in [1.82, 2.24) is 0 Å². The summed E-state index contributed by atoms with van der Waals surface area (Å²) in [5.41, 5.74) is 0. The van der Waals surface area contributed by atoms with Gasteiger partial charge in [-0.05, 0) is 12.3 Å². The van der Waals surface area contributed by atoms with Crippen molar-refractivity contribution < 1.29 is 13.5 Å². The molecule has 2 unspecified atom stereocenters. The third kappa shape index (κ3) is 1.43. The molecule has 0 aromatic heterocycles. The Kier molecular flexibility index (Phi) is 1.52. The molecule has 0 saturated heterocycles. The molecule has 4 heteroatoms. The third-order valence-corrected chi connectivity index (χ3v) is 3.32. The van der Waals surface area contributed by atoms with E-state index < -0.39 is 9.84 Å². The minimum atomic E-state index is -2.85. The van der Waals surface area contributed by atoms with Crippen LogP contribution in [0.4, 0.5) is 0 Å². The Morgan fingerprint density at radius 1 is 1.67 bits per heavy atom. The second kappa shape index (κ2) is 1.95. The normalized spacial score (nSPS) is 34.4. The van der Waals surface area contributed by atoms with Crippen LogP contribution in [0.1, 0.15) is 6.42 Å². The van der Waals surface area contributed by atoms with Gasteiger partial charge in [0.1, 0.15) is 0 Å². The highest BCUT2D eigenvalue weighted by Crippen LogP contribution is 2.35. The van der Waals surface area contributed by atoms with E-state index in [1.54, 1.807) is 0 Å². The molecule has 2 atom stereocenters. The molecule has 9 heavy (non-hydrogen) atoms. The summed E-state index contributed by atoms with van der Waals surface area (Å²) >= 11 is 0. The standard InChI is InChI=1S/C5H10O3S/c1-9(7,8)5-2-4(5)3-6/h4-6H,2-3H2,1H3. The van der Waals surface area contributed by atoms with Crippen LogP contribution in [0, 0.1) is 5.92 Å². The number of hydrogen-bond acceptors (Lipinski definition) is 3.